The summed E-state index contributed by atoms with van der Waals surface area (Å²) in [5, 5.41) is 14.0. The molecule has 3 amide bonds. The van der Waals surface area contributed by atoms with Gasteiger partial charge in [0.25, 0.3) is 0 Å². The summed E-state index contributed by atoms with van der Waals surface area (Å²) in [4.78, 5) is 35.3. The Balaban J connectivity index is 2.46. The fourth-order valence-corrected chi connectivity index (χ4v) is 1.51. The van der Waals surface area contributed by atoms with Crippen LogP contribution in [0.1, 0.15) is 33.6 Å². The monoisotopic (exact) mass is 271 g/mol. The zero-order chi connectivity index (χ0) is 14.6. The molecule has 0 atom stereocenters. The molecule has 7 nitrogen and oxygen atoms in total. The third kappa shape index (κ3) is 5.58. The molecule has 0 aromatic heterocycles. The summed E-state index contributed by atoms with van der Waals surface area (Å²) in [6.07, 6.45) is 1.96. The molecule has 0 spiro atoms. The van der Waals surface area contributed by atoms with Gasteiger partial charge in [-0.15, -0.1) is 0 Å². The van der Waals surface area contributed by atoms with Gasteiger partial charge in [0.15, 0.2) is 0 Å². The molecule has 0 heterocycles. The van der Waals surface area contributed by atoms with Crippen LogP contribution in [0.3, 0.4) is 0 Å². The Morgan fingerprint density at radius 1 is 1.26 bits per heavy atom. The van der Waals surface area contributed by atoms with Crippen molar-refractivity contribution in [1.82, 2.24) is 15.5 Å². The summed E-state index contributed by atoms with van der Waals surface area (Å²) < 4.78 is 0. The summed E-state index contributed by atoms with van der Waals surface area (Å²) in [6, 6.07) is -0.317. The molecule has 7 heteroatoms. The second-order valence-electron chi connectivity index (χ2n) is 5.65. The number of rotatable bonds is 5. The molecular weight excluding hydrogens is 250 g/mol. The Labute approximate surface area is 112 Å². The van der Waals surface area contributed by atoms with E-state index in [1.165, 1.54) is 4.90 Å². The molecule has 3 N–H and O–H groups in total. The van der Waals surface area contributed by atoms with E-state index >= 15 is 0 Å². The van der Waals surface area contributed by atoms with Crippen LogP contribution in [0.2, 0.25) is 0 Å². The molecule has 0 unspecified atom stereocenters. The lowest BCUT2D eigenvalue weighted by atomic mass is 10.1. The number of carbonyl (C=O) groups is 3. The number of nitrogens with one attached hydrogen (secondary N) is 2. The molecular formula is C12H21N3O4. The number of carboxylic acids is 1. The van der Waals surface area contributed by atoms with Gasteiger partial charge in [0.1, 0.15) is 6.54 Å². The third-order valence-electron chi connectivity index (χ3n) is 2.69. The van der Waals surface area contributed by atoms with Crippen LogP contribution in [0.4, 0.5) is 4.79 Å². The molecule has 0 aromatic rings. The predicted octanol–water partition coefficient (Wildman–Crippen LogP) is 0.160. The van der Waals surface area contributed by atoms with Crippen molar-refractivity contribution >= 4 is 17.9 Å². The summed E-state index contributed by atoms with van der Waals surface area (Å²) in [5.74, 6) is -1.34. The van der Waals surface area contributed by atoms with Crippen molar-refractivity contribution in [3.63, 3.8) is 0 Å². The number of nitrogens with zero attached hydrogens (tertiary/aromatic N) is 1. The van der Waals surface area contributed by atoms with E-state index < -0.39 is 24.1 Å². The summed E-state index contributed by atoms with van der Waals surface area (Å²) >= 11 is 0. The molecule has 1 aliphatic rings. The second kappa shape index (κ2) is 5.90. The first-order valence-corrected chi connectivity index (χ1v) is 6.27. The summed E-state index contributed by atoms with van der Waals surface area (Å²) in [7, 11) is 0. The third-order valence-corrected chi connectivity index (χ3v) is 2.69. The Morgan fingerprint density at radius 3 is 2.26 bits per heavy atom. The van der Waals surface area contributed by atoms with E-state index in [2.05, 4.69) is 10.6 Å². The van der Waals surface area contributed by atoms with Crippen molar-refractivity contribution in [2.45, 2.75) is 45.2 Å². The molecule has 108 valence electrons. The van der Waals surface area contributed by atoms with Gasteiger partial charge in [-0.05, 0) is 33.6 Å². The highest BCUT2D eigenvalue weighted by Crippen LogP contribution is 2.18. The SMILES string of the molecule is CC(C)(C)N(CC(=O)O)C(=O)NCC(=O)NC1CC1. The van der Waals surface area contributed by atoms with Gasteiger partial charge in [-0.1, -0.05) is 0 Å². The fourth-order valence-electron chi connectivity index (χ4n) is 1.51. The van der Waals surface area contributed by atoms with Crippen LogP contribution in [0.5, 0.6) is 0 Å². The van der Waals surface area contributed by atoms with Crippen LogP contribution in [0.15, 0.2) is 0 Å². The van der Waals surface area contributed by atoms with Gasteiger partial charge in [0.05, 0.1) is 6.54 Å². The molecule has 1 fully saturated rings. The highest BCUT2D eigenvalue weighted by Gasteiger charge is 2.29. The predicted molar refractivity (Wildman–Crippen MR) is 68.7 cm³/mol. The molecule has 1 saturated carbocycles. The van der Waals surface area contributed by atoms with E-state index in [0.717, 1.165) is 12.8 Å². The molecule has 0 aliphatic heterocycles. The lowest BCUT2D eigenvalue weighted by Gasteiger charge is -2.34. The molecule has 0 bridgehead atoms. The van der Waals surface area contributed by atoms with E-state index in [-0.39, 0.29) is 18.5 Å². The molecule has 19 heavy (non-hydrogen) atoms. The van der Waals surface area contributed by atoms with Crippen molar-refractivity contribution in [1.29, 1.82) is 0 Å². The average Bonchev–Trinajstić information content (AvgIpc) is 3.04. The molecule has 0 radical (unpaired) electrons. The number of carbonyl (C=O) groups excluding carboxylic acids is 2. The minimum absolute atomic E-state index is 0.137. The van der Waals surface area contributed by atoms with Crippen LogP contribution in [-0.2, 0) is 9.59 Å². The van der Waals surface area contributed by atoms with E-state index in [1.807, 2.05) is 0 Å². The van der Waals surface area contributed by atoms with E-state index in [4.69, 9.17) is 5.11 Å². The highest BCUT2D eigenvalue weighted by atomic mass is 16.4. The van der Waals surface area contributed by atoms with E-state index in [9.17, 15) is 14.4 Å². The molecule has 0 saturated heterocycles. The largest absolute Gasteiger partial charge is 0.480 e. The van der Waals surface area contributed by atoms with Crippen LogP contribution in [0.25, 0.3) is 0 Å². The minimum Gasteiger partial charge on any atom is -0.480 e. The maximum Gasteiger partial charge on any atom is 0.323 e. The summed E-state index contributed by atoms with van der Waals surface area (Å²) in [5.41, 5.74) is -0.630. The van der Waals surface area contributed by atoms with Crippen molar-refractivity contribution in [2.75, 3.05) is 13.1 Å². The maximum absolute atomic E-state index is 11.9. The zero-order valence-corrected chi connectivity index (χ0v) is 11.5. The quantitative estimate of drug-likeness (QED) is 0.663. The number of hydrogen-bond acceptors (Lipinski definition) is 3. The Morgan fingerprint density at radius 2 is 1.84 bits per heavy atom. The van der Waals surface area contributed by atoms with E-state index in [0.29, 0.717) is 0 Å². The first kappa shape index (κ1) is 15.3. The Hall–Kier alpha value is -1.79. The number of aliphatic carboxylic acids is 1. The van der Waals surface area contributed by atoms with Crippen LogP contribution >= 0.6 is 0 Å². The van der Waals surface area contributed by atoms with Crippen molar-refractivity contribution in [3.05, 3.63) is 0 Å². The van der Waals surface area contributed by atoms with Crippen molar-refractivity contribution < 1.29 is 19.5 Å². The van der Waals surface area contributed by atoms with Gasteiger partial charge >= 0.3 is 12.0 Å². The number of amides is 3. The number of urea groups is 1. The zero-order valence-electron chi connectivity index (χ0n) is 11.5. The normalized spacial score (nSPS) is 14.7. The number of carboxylic acid groups (broad SMARTS) is 1. The highest BCUT2D eigenvalue weighted by molar-refractivity contribution is 5.86. The van der Waals surface area contributed by atoms with Gasteiger partial charge < -0.3 is 20.6 Å². The number of hydrogen-bond donors (Lipinski definition) is 3. The smallest absolute Gasteiger partial charge is 0.323 e. The van der Waals surface area contributed by atoms with Crippen molar-refractivity contribution in [2.24, 2.45) is 0 Å². The average molecular weight is 271 g/mol. The minimum atomic E-state index is -1.09. The van der Waals surface area contributed by atoms with Crippen LogP contribution in [0, 0.1) is 0 Å². The standard InChI is InChI=1S/C12H21N3O4/c1-12(2,3)15(7-10(17)18)11(19)13-6-9(16)14-8-4-5-8/h8H,4-7H2,1-3H3,(H,13,19)(H,14,16)(H,17,18). The molecule has 1 rings (SSSR count). The lowest BCUT2D eigenvalue weighted by molar-refractivity contribution is -0.138. The Bertz CT molecular complexity index is 372. The van der Waals surface area contributed by atoms with E-state index in [1.54, 1.807) is 20.8 Å². The lowest BCUT2D eigenvalue weighted by Crippen LogP contribution is -2.53. The summed E-state index contributed by atoms with van der Waals surface area (Å²) in [6.45, 7) is 4.67. The van der Waals surface area contributed by atoms with Gasteiger partial charge in [0.2, 0.25) is 5.91 Å². The first-order chi connectivity index (χ1) is 8.70. The van der Waals surface area contributed by atoms with Crippen LogP contribution in [-0.4, -0.2) is 52.6 Å². The van der Waals surface area contributed by atoms with Crippen LogP contribution < -0.4 is 10.6 Å². The fraction of sp³-hybridized carbons (Fsp3) is 0.750. The maximum atomic E-state index is 11.9. The van der Waals surface area contributed by atoms with Gasteiger partial charge in [0, 0.05) is 11.6 Å². The topological polar surface area (TPSA) is 98.7 Å². The second-order valence-corrected chi connectivity index (χ2v) is 5.65. The van der Waals surface area contributed by atoms with Gasteiger partial charge in [-0.3, -0.25) is 9.59 Å². The van der Waals surface area contributed by atoms with Crippen molar-refractivity contribution in [3.8, 4) is 0 Å². The van der Waals surface area contributed by atoms with Gasteiger partial charge in [-0.2, -0.15) is 0 Å². The Kier molecular flexibility index (Phi) is 4.74. The first-order valence-electron chi connectivity index (χ1n) is 6.27. The van der Waals surface area contributed by atoms with Gasteiger partial charge in [-0.25, -0.2) is 4.79 Å². The molecule has 0 aromatic carbocycles. The molecule has 1 aliphatic carbocycles.